The van der Waals surface area contributed by atoms with E-state index < -0.39 is 30.0 Å². The highest BCUT2D eigenvalue weighted by atomic mass is 16.4. The van der Waals surface area contributed by atoms with E-state index in [4.69, 9.17) is 5.73 Å². The first-order chi connectivity index (χ1) is 13.2. The van der Waals surface area contributed by atoms with E-state index in [-0.39, 0.29) is 18.2 Å². The summed E-state index contributed by atoms with van der Waals surface area (Å²) in [7, 11) is 0. The standard InChI is InChI=1S/C21H33N3O4/c1-4-5-11-16(22)19(25)23-17(12-14(2)3)20(26)24-18(21(27)28)13-15-9-7-6-8-10-15/h6-10,14,16-18H,4-5,11-13,22H2,1-3H3,(H,23,25)(H,24,26)(H,27,28)/t16-,17-,18-/m0/s1. The summed E-state index contributed by atoms with van der Waals surface area (Å²) in [5.74, 6) is -1.87. The van der Waals surface area contributed by atoms with Crippen LogP contribution >= 0.6 is 0 Å². The monoisotopic (exact) mass is 391 g/mol. The number of carbonyl (C=O) groups is 3. The molecular formula is C21H33N3O4. The average molecular weight is 392 g/mol. The highest BCUT2D eigenvalue weighted by molar-refractivity contribution is 5.91. The molecule has 2 amide bonds. The van der Waals surface area contributed by atoms with Crippen molar-refractivity contribution in [3.05, 3.63) is 35.9 Å². The quantitative estimate of drug-likeness (QED) is 0.433. The Morgan fingerprint density at radius 1 is 1.04 bits per heavy atom. The number of rotatable bonds is 12. The molecule has 1 aromatic carbocycles. The van der Waals surface area contributed by atoms with Crippen LogP contribution in [0.1, 0.15) is 52.0 Å². The molecule has 0 bridgehead atoms. The van der Waals surface area contributed by atoms with E-state index in [1.807, 2.05) is 51.1 Å². The summed E-state index contributed by atoms with van der Waals surface area (Å²) in [6.07, 6.45) is 2.87. The van der Waals surface area contributed by atoms with Crippen LogP contribution in [0.4, 0.5) is 0 Å². The molecule has 0 radical (unpaired) electrons. The summed E-state index contributed by atoms with van der Waals surface area (Å²) in [5, 5.41) is 14.8. The van der Waals surface area contributed by atoms with Crippen molar-refractivity contribution in [1.29, 1.82) is 0 Å². The number of carbonyl (C=O) groups excluding carboxylic acids is 2. The van der Waals surface area contributed by atoms with E-state index in [1.165, 1.54) is 0 Å². The maximum Gasteiger partial charge on any atom is 0.326 e. The van der Waals surface area contributed by atoms with Crippen LogP contribution in [0.25, 0.3) is 0 Å². The van der Waals surface area contributed by atoms with Crippen LogP contribution < -0.4 is 16.4 Å². The molecule has 0 saturated heterocycles. The molecule has 0 unspecified atom stereocenters. The van der Waals surface area contributed by atoms with E-state index >= 15 is 0 Å². The number of aliphatic carboxylic acids is 1. The molecule has 0 aliphatic carbocycles. The molecular weight excluding hydrogens is 358 g/mol. The van der Waals surface area contributed by atoms with Crippen molar-refractivity contribution in [2.24, 2.45) is 11.7 Å². The minimum atomic E-state index is -1.12. The Balaban J connectivity index is 2.80. The summed E-state index contributed by atoms with van der Waals surface area (Å²) >= 11 is 0. The molecule has 0 aromatic heterocycles. The number of carboxylic acid groups (broad SMARTS) is 1. The molecule has 0 spiro atoms. The molecule has 0 aliphatic heterocycles. The van der Waals surface area contributed by atoms with Crippen LogP contribution in [0.2, 0.25) is 0 Å². The number of amides is 2. The maximum absolute atomic E-state index is 12.7. The average Bonchev–Trinajstić information content (AvgIpc) is 2.65. The molecule has 0 fully saturated rings. The lowest BCUT2D eigenvalue weighted by atomic mass is 10.0. The molecule has 156 valence electrons. The second-order valence-corrected chi connectivity index (χ2v) is 7.53. The van der Waals surface area contributed by atoms with Gasteiger partial charge in [0.25, 0.3) is 0 Å². The molecule has 1 rings (SSSR count). The molecule has 28 heavy (non-hydrogen) atoms. The number of hydrogen-bond acceptors (Lipinski definition) is 4. The minimum absolute atomic E-state index is 0.139. The number of hydrogen-bond donors (Lipinski definition) is 4. The normalized spacial score (nSPS) is 14.2. The summed E-state index contributed by atoms with van der Waals surface area (Å²) in [4.78, 5) is 36.7. The second-order valence-electron chi connectivity index (χ2n) is 7.53. The molecule has 3 atom stereocenters. The number of carboxylic acids is 1. The Hall–Kier alpha value is -2.41. The van der Waals surface area contributed by atoms with Crippen LogP contribution in [-0.2, 0) is 20.8 Å². The third-order valence-electron chi connectivity index (χ3n) is 4.44. The first-order valence-corrected chi connectivity index (χ1v) is 9.87. The zero-order valence-corrected chi connectivity index (χ0v) is 17.0. The summed E-state index contributed by atoms with van der Waals surface area (Å²) in [6.45, 7) is 5.88. The van der Waals surface area contributed by atoms with Crippen LogP contribution in [0.15, 0.2) is 30.3 Å². The molecule has 0 heterocycles. The third-order valence-corrected chi connectivity index (χ3v) is 4.44. The van der Waals surface area contributed by atoms with Gasteiger partial charge in [-0.25, -0.2) is 4.79 Å². The summed E-state index contributed by atoms with van der Waals surface area (Å²) in [6, 6.07) is 6.51. The number of benzene rings is 1. The van der Waals surface area contributed by atoms with Gasteiger partial charge >= 0.3 is 5.97 Å². The fraction of sp³-hybridized carbons (Fsp3) is 0.571. The van der Waals surface area contributed by atoms with Crippen LogP contribution in [0, 0.1) is 5.92 Å². The molecule has 1 aromatic rings. The largest absolute Gasteiger partial charge is 0.480 e. The highest BCUT2D eigenvalue weighted by Crippen LogP contribution is 2.09. The lowest BCUT2D eigenvalue weighted by molar-refractivity contribution is -0.142. The van der Waals surface area contributed by atoms with Crippen LogP contribution in [0.3, 0.4) is 0 Å². The van der Waals surface area contributed by atoms with Crippen molar-refractivity contribution >= 4 is 17.8 Å². The lowest BCUT2D eigenvalue weighted by Gasteiger charge is -2.24. The van der Waals surface area contributed by atoms with E-state index in [0.29, 0.717) is 12.8 Å². The van der Waals surface area contributed by atoms with Gasteiger partial charge in [0.1, 0.15) is 12.1 Å². The van der Waals surface area contributed by atoms with Crippen molar-refractivity contribution in [3.63, 3.8) is 0 Å². The number of nitrogens with two attached hydrogens (primary N) is 1. The zero-order valence-electron chi connectivity index (χ0n) is 17.0. The van der Waals surface area contributed by atoms with E-state index in [1.54, 1.807) is 0 Å². The zero-order chi connectivity index (χ0) is 21.1. The SMILES string of the molecule is CCCC[C@H](N)C(=O)N[C@@H](CC(C)C)C(=O)N[C@@H](Cc1ccccc1)C(=O)O. The Bertz CT molecular complexity index is 634. The predicted molar refractivity (Wildman–Crippen MR) is 109 cm³/mol. The molecule has 0 saturated carbocycles. The smallest absolute Gasteiger partial charge is 0.326 e. The van der Waals surface area contributed by atoms with Gasteiger partial charge in [-0.3, -0.25) is 9.59 Å². The van der Waals surface area contributed by atoms with Crippen molar-refractivity contribution in [2.75, 3.05) is 0 Å². The van der Waals surface area contributed by atoms with Gasteiger partial charge < -0.3 is 21.5 Å². The van der Waals surface area contributed by atoms with Gasteiger partial charge in [-0.1, -0.05) is 63.9 Å². The first kappa shape index (κ1) is 23.6. The topological polar surface area (TPSA) is 122 Å². The van der Waals surface area contributed by atoms with E-state index in [0.717, 1.165) is 18.4 Å². The van der Waals surface area contributed by atoms with E-state index in [9.17, 15) is 19.5 Å². The summed E-state index contributed by atoms with van der Waals surface area (Å²) < 4.78 is 0. The van der Waals surface area contributed by atoms with E-state index in [2.05, 4.69) is 10.6 Å². The van der Waals surface area contributed by atoms with Gasteiger partial charge in [-0.2, -0.15) is 0 Å². The lowest BCUT2D eigenvalue weighted by Crippen LogP contribution is -2.55. The Kier molecular flexibility index (Phi) is 10.2. The molecule has 5 N–H and O–H groups in total. The Labute approximate surface area is 167 Å². The van der Waals surface area contributed by atoms with Gasteiger partial charge in [0.15, 0.2) is 0 Å². The second kappa shape index (κ2) is 12.1. The van der Waals surface area contributed by atoms with Gasteiger partial charge in [-0.15, -0.1) is 0 Å². The molecule has 7 nitrogen and oxygen atoms in total. The van der Waals surface area contributed by atoms with Crippen molar-refractivity contribution < 1.29 is 19.5 Å². The predicted octanol–water partition coefficient (Wildman–Crippen LogP) is 1.85. The highest BCUT2D eigenvalue weighted by Gasteiger charge is 2.28. The van der Waals surface area contributed by atoms with Gasteiger partial charge in [-0.05, 0) is 24.3 Å². The maximum atomic E-state index is 12.7. The first-order valence-electron chi connectivity index (χ1n) is 9.87. The van der Waals surface area contributed by atoms with Gasteiger partial charge in [0.05, 0.1) is 6.04 Å². The van der Waals surface area contributed by atoms with Crippen molar-refractivity contribution in [3.8, 4) is 0 Å². The van der Waals surface area contributed by atoms with Gasteiger partial charge in [0.2, 0.25) is 11.8 Å². The molecule has 0 aliphatic rings. The number of unbranched alkanes of at least 4 members (excludes halogenated alkanes) is 1. The molecule has 7 heteroatoms. The van der Waals surface area contributed by atoms with Gasteiger partial charge in [0, 0.05) is 6.42 Å². The van der Waals surface area contributed by atoms with Crippen molar-refractivity contribution in [2.45, 2.75) is 71.0 Å². The Morgan fingerprint density at radius 2 is 1.64 bits per heavy atom. The Morgan fingerprint density at radius 3 is 2.18 bits per heavy atom. The summed E-state index contributed by atoms with van der Waals surface area (Å²) in [5.41, 5.74) is 6.70. The third kappa shape index (κ3) is 8.52. The fourth-order valence-corrected chi connectivity index (χ4v) is 2.86. The number of nitrogens with one attached hydrogen (secondary N) is 2. The van der Waals surface area contributed by atoms with Crippen LogP contribution in [0.5, 0.6) is 0 Å². The fourth-order valence-electron chi connectivity index (χ4n) is 2.86. The van der Waals surface area contributed by atoms with Crippen LogP contribution in [-0.4, -0.2) is 41.0 Å². The van der Waals surface area contributed by atoms with Crippen molar-refractivity contribution in [1.82, 2.24) is 10.6 Å². The minimum Gasteiger partial charge on any atom is -0.480 e.